The summed E-state index contributed by atoms with van der Waals surface area (Å²) in [6.45, 7) is 0.203. The molecule has 0 aliphatic heterocycles. The highest BCUT2D eigenvalue weighted by atomic mass is 16.3. The zero-order valence-electron chi connectivity index (χ0n) is 9.51. The molecule has 0 aromatic heterocycles. The lowest BCUT2D eigenvalue weighted by molar-refractivity contribution is 0.290. The standard InChI is InChI=1S/C16H14O/c17-11-14-15(12-7-3-1-4-8-12)16(14)13-9-5-2-6-10-13/h1-10,14,17H,11H2. The van der Waals surface area contributed by atoms with E-state index in [1.54, 1.807) is 0 Å². The second-order valence-electron chi connectivity index (χ2n) is 4.29. The van der Waals surface area contributed by atoms with Crippen molar-refractivity contribution in [2.75, 3.05) is 6.61 Å². The summed E-state index contributed by atoms with van der Waals surface area (Å²) in [6, 6.07) is 20.6. The van der Waals surface area contributed by atoms with E-state index in [9.17, 15) is 5.11 Å². The number of aliphatic hydroxyl groups is 1. The number of aliphatic hydroxyl groups excluding tert-OH is 1. The third-order valence-corrected chi connectivity index (χ3v) is 3.26. The molecule has 1 aliphatic rings. The van der Waals surface area contributed by atoms with Crippen LogP contribution in [0, 0.1) is 5.92 Å². The van der Waals surface area contributed by atoms with Crippen molar-refractivity contribution in [3.8, 4) is 0 Å². The van der Waals surface area contributed by atoms with Gasteiger partial charge in [-0.3, -0.25) is 0 Å². The van der Waals surface area contributed by atoms with E-state index in [2.05, 4.69) is 24.3 Å². The van der Waals surface area contributed by atoms with Crippen LogP contribution in [0.1, 0.15) is 11.1 Å². The predicted molar refractivity (Wildman–Crippen MR) is 70.3 cm³/mol. The largest absolute Gasteiger partial charge is 0.395 e. The van der Waals surface area contributed by atoms with Gasteiger partial charge >= 0.3 is 0 Å². The summed E-state index contributed by atoms with van der Waals surface area (Å²) in [7, 11) is 0. The van der Waals surface area contributed by atoms with Crippen LogP contribution < -0.4 is 0 Å². The summed E-state index contributed by atoms with van der Waals surface area (Å²) >= 11 is 0. The van der Waals surface area contributed by atoms with Crippen molar-refractivity contribution < 1.29 is 5.11 Å². The molecule has 0 saturated heterocycles. The Morgan fingerprint density at radius 3 is 1.47 bits per heavy atom. The highest BCUT2D eigenvalue weighted by Gasteiger charge is 2.37. The van der Waals surface area contributed by atoms with Gasteiger partial charge in [-0.2, -0.15) is 0 Å². The lowest BCUT2D eigenvalue weighted by Gasteiger charge is -1.96. The molecular weight excluding hydrogens is 208 g/mol. The first kappa shape index (κ1) is 10.3. The molecule has 1 N–H and O–H groups in total. The third kappa shape index (κ3) is 1.79. The maximum absolute atomic E-state index is 9.43. The van der Waals surface area contributed by atoms with E-state index in [4.69, 9.17) is 0 Å². The molecule has 2 aromatic rings. The van der Waals surface area contributed by atoms with Crippen LogP contribution in [0.15, 0.2) is 60.7 Å². The van der Waals surface area contributed by atoms with Gasteiger partial charge in [0.2, 0.25) is 0 Å². The van der Waals surface area contributed by atoms with Gasteiger partial charge in [0.15, 0.2) is 0 Å². The summed E-state index contributed by atoms with van der Waals surface area (Å²) < 4.78 is 0. The lowest BCUT2D eigenvalue weighted by Crippen LogP contribution is -1.90. The molecule has 0 fully saturated rings. The minimum absolute atomic E-state index is 0.203. The van der Waals surface area contributed by atoms with Crippen LogP contribution in [-0.2, 0) is 0 Å². The number of hydrogen-bond acceptors (Lipinski definition) is 1. The molecule has 0 atom stereocenters. The molecule has 0 amide bonds. The summed E-state index contributed by atoms with van der Waals surface area (Å²) in [5.74, 6) is 0.222. The lowest BCUT2D eigenvalue weighted by atomic mass is 10.1. The van der Waals surface area contributed by atoms with E-state index in [-0.39, 0.29) is 12.5 Å². The Morgan fingerprint density at radius 1 is 0.706 bits per heavy atom. The Hall–Kier alpha value is -1.86. The van der Waals surface area contributed by atoms with Crippen molar-refractivity contribution in [2.24, 2.45) is 5.92 Å². The first-order chi connectivity index (χ1) is 8.42. The minimum atomic E-state index is 0.203. The van der Waals surface area contributed by atoms with Gasteiger partial charge in [-0.15, -0.1) is 0 Å². The van der Waals surface area contributed by atoms with Gasteiger partial charge in [0.25, 0.3) is 0 Å². The molecule has 0 bridgehead atoms. The molecule has 17 heavy (non-hydrogen) atoms. The molecule has 0 spiro atoms. The van der Waals surface area contributed by atoms with E-state index in [1.807, 2.05) is 36.4 Å². The minimum Gasteiger partial charge on any atom is -0.395 e. The van der Waals surface area contributed by atoms with Gasteiger partial charge in [-0.1, -0.05) is 60.7 Å². The van der Waals surface area contributed by atoms with Gasteiger partial charge in [0, 0.05) is 5.92 Å². The Morgan fingerprint density at radius 2 is 1.12 bits per heavy atom. The number of hydrogen-bond donors (Lipinski definition) is 1. The van der Waals surface area contributed by atoms with Crippen LogP contribution in [-0.4, -0.2) is 11.7 Å². The molecule has 0 saturated carbocycles. The molecule has 3 rings (SSSR count). The average Bonchev–Trinajstić information content (AvgIpc) is 3.15. The van der Waals surface area contributed by atoms with E-state index < -0.39 is 0 Å². The van der Waals surface area contributed by atoms with Gasteiger partial charge in [0.1, 0.15) is 0 Å². The van der Waals surface area contributed by atoms with Crippen molar-refractivity contribution >= 4 is 11.1 Å². The molecular formula is C16H14O. The van der Waals surface area contributed by atoms with Crippen LogP contribution in [0.5, 0.6) is 0 Å². The second-order valence-corrected chi connectivity index (χ2v) is 4.29. The van der Waals surface area contributed by atoms with Gasteiger partial charge in [0.05, 0.1) is 6.61 Å². The van der Waals surface area contributed by atoms with E-state index in [1.165, 1.54) is 22.3 Å². The predicted octanol–water partition coefficient (Wildman–Crippen LogP) is 3.22. The molecule has 1 nitrogen and oxygen atoms in total. The van der Waals surface area contributed by atoms with Crippen molar-refractivity contribution in [2.45, 2.75) is 0 Å². The summed E-state index contributed by atoms with van der Waals surface area (Å²) in [5.41, 5.74) is 5.04. The van der Waals surface area contributed by atoms with Gasteiger partial charge in [-0.25, -0.2) is 0 Å². The Bertz CT molecular complexity index is 491. The van der Waals surface area contributed by atoms with E-state index in [0.29, 0.717) is 0 Å². The maximum Gasteiger partial charge on any atom is 0.0541 e. The van der Waals surface area contributed by atoms with Crippen LogP contribution in [0.3, 0.4) is 0 Å². The maximum atomic E-state index is 9.43. The quantitative estimate of drug-likeness (QED) is 0.845. The highest BCUT2D eigenvalue weighted by molar-refractivity contribution is 6.10. The molecule has 2 aromatic carbocycles. The molecule has 1 heteroatoms. The molecule has 0 radical (unpaired) electrons. The van der Waals surface area contributed by atoms with Gasteiger partial charge in [-0.05, 0) is 22.3 Å². The van der Waals surface area contributed by atoms with Crippen molar-refractivity contribution in [3.05, 3.63) is 71.8 Å². The van der Waals surface area contributed by atoms with Crippen LogP contribution in [0.25, 0.3) is 11.1 Å². The Kier molecular flexibility index (Phi) is 2.54. The van der Waals surface area contributed by atoms with E-state index in [0.717, 1.165) is 0 Å². The molecule has 1 aliphatic carbocycles. The zero-order chi connectivity index (χ0) is 11.7. The third-order valence-electron chi connectivity index (χ3n) is 3.26. The number of benzene rings is 2. The van der Waals surface area contributed by atoms with Crippen molar-refractivity contribution in [1.82, 2.24) is 0 Å². The summed E-state index contributed by atoms with van der Waals surface area (Å²) in [6.07, 6.45) is 0. The normalized spacial score (nSPS) is 15.1. The fraction of sp³-hybridized carbons (Fsp3) is 0.125. The summed E-state index contributed by atoms with van der Waals surface area (Å²) in [4.78, 5) is 0. The molecule has 84 valence electrons. The fourth-order valence-electron chi connectivity index (χ4n) is 2.40. The molecule has 0 unspecified atom stereocenters. The number of rotatable bonds is 3. The first-order valence-corrected chi connectivity index (χ1v) is 5.87. The highest BCUT2D eigenvalue weighted by Crippen LogP contribution is 2.52. The monoisotopic (exact) mass is 222 g/mol. The van der Waals surface area contributed by atoms with E-state index >= 15 is 0 Å². The summed E-state index contributed by atoms with van der Waals surface area (Å²) in [5, 5.41) is 9.43. The topological polar surface area (TPSA) is 20.2 Å². The van der Waals surface area contributed by atoms with Crippen LogP contribution >= 0.6 is 0 Å². The van der Waals surface area contributed by atoms with Crippen LogP contribution in [0.4, 0.5) is 0 Å². The Labute approximate surface area is 101 Å². The SMILES string of the molecule is OCC1C(c2ccccc2)=C1c1ccccc1. The zero-order valence-corrected chi connectivity index (χ0v) is 9.51. The van der Waals surface area contributed by atoms with Gasteiger partial charge < -0.3 is 5.11 Å². The second kappa shape index (κ2) is 4.19. The smallest absolute Gasteiger partial charge is 0.0541 e. The fourth-order valence-corrected chi connectivity index (χ4v) is 2.40. The van der Waals surface area contributed by atoms with Crippen molar-refractivity contribution in [3.63, 3.8) is 0 Å². The first-order valence-electron chi connectivity index (χ1n) is 5.87. The van der Waals surface area contributed by atoms with Crippen LogP contribution in [0.2, 0.25) is 0 Å². The van der Waals surface area contributed by atoms with Crippen molar-refractivity contribution in [1.29, 1.82) is 0 Å². The molecule has 0 heterocycles. The average molecular weight is 222 g/mol. The Balaban J connectivity index is 2.01.